The van der Waals surface area contributed by atoms with Gasteiger partial charge >= 0.3 is 5.97 Å². The molecule has 1 amide bonds. The molecule has 1 aliphatic carbocycles. The number of carboxylic acid groups (broad SMARTS) is 1. The summed E-state index contributed by atoms with van der Waals surface area (Å²) in [4.78, 5) is 23.9. The smallest absolute Gasteiger partial charge is 0.329 e. The molecule has 22 heavy (non-hydrogen) atoms. The number of rotatable bonds is 5. The summed E-state index contributed by atoms with van der Waals surface area (Å²) in [5.74, 6) is -0.678. The average Bonchev–Trinajstić information content (AvgIpc) is 2.55. The molecule has 0 unspecified atom stereocenters. The van der Waals surface area contributed by atoms with Crippen LogP contribution in [0.4, 0.5) is 0 Å². The molecule has 1 aromatic rings. The largest absolute Gasteiger partial charge is 0.480 e. The number of aromatic nitrogens is 2. The Morgan fingerprint density at radius 2 is 2.05 bits per heavy atom. The second-order valence-electron chi connectivity index (χ2n) is 5.65. The van der Waals surface area contributed by atoms with Crippen LogP contribution >= 0.6 is 0 Å². The lowest BCUT2D eigenvalue weighted by atomic mass is 9.75. The van der Waals surface area contributed by atoms with Crippen LogP contribution in [0.3, 0.4) is 0 Å². The minimum Gasteiger partial charge on any atom is -0.480 e. The summed E-state index contributed by atoms with van der Waals surface area (Å²) < 4.78 is 4.88. The molecule has 0 spiro atoms. The van der Waals surface area contributed by atoms with E-state index in [1.54, 1.807) is 0 Å². The van der Waals surface area contributed by atoms with Gasteiger partial charge in [0.25, 0.3) is 5.91 Å². The van der Waals surface area contributed by atoms with E-state index in [9.17, 15) is 14.7 Å². The molecular weight excluding hydrogens is 286 g/mol. The van der Waals surface area contributed by atoms with Crippen molar-refractivity contribution < 1.29 is 19.4 Å². The van der Waals surface area contributed by atoms with E-state index >= 15 is 0 Å². The number of carbonyl (C=O) groups is 2. The lowest BCUT2D eigenvalue weighted by Gasteiger charge is -2.37. The Labute approximate surface area is 129 Å². The van der Waals surface area contributed by atoms with E-state index in [0.717, 1.165) is 19.3 Å². The van der Waals surface area contributed by atoms with Crippen molar-refractivity contribution in [2.24, 2.45) is 5.92 Å². The Bertz CT molecular complexity index is 536. The summed E-state index contributed by atoms with van der Waals surface area (Å²) in [6.45, 7) is 2.10. The van der Waals surface area contributed by atoms with Gasteiger partial charge in [-0.25, -0.2) is 4.79 Å². The van der Waals surface area contributed by atoms with Crippen molar-refractivity contribution in [1.82, 2.24) is 15.5 Å². The number of carboxylic acids is 1. The Morgan fingerprint density at radius 1 is 1.36 bits per heavy atom. The quantitative estimate of drug-likeness (QED) is 0.857. The Morgan fingerprint density at radius 3 is 2.50 bits per heavy atom. The van der Waals surface area contributed by atoms with Crippen molar-refractivity contribution in [3.05, 3.63) is 17.8 Å². The monoisotopic (exact) mass is 307 g/mol. The topological polar surface area (TPSA) is 101 Å². The third kappa shape index (κ3) is 3.35. The fourth-order valence-electron chi connectivity index (χ4n) is 2.80. The number of aliphatic carboxylic acids is 1. The minimum absolute atomic E-state index is 0.0824. The maximum atomic E-state index is 12.3. The first-order valence-electron chi connectivity index (χ1n) is 7.44. The highest BCUT2D eigenvalue weighted by atomic mass is 16.5. The first kappa shape index (κ1) is 16.2. The molecule has 7 nitrogen and oxygen atoms in total. The highest BCUT2D eigenvalue weighted by molar-refractivity contribution is 5.96. The number of ether oxygens (including phenoxy) is 1. The number of carbonyl (C=O) groups excluding carboxylic acids is 1. The van der Waals surface area contributed by atoms with Crippen LogP contribution < -0.4 is 10.1 Å². The zero-order valence-corrected chi connectivity index (χ0v) is 12.8. The third-order valence-corrected chi connectivity index (χ3v) is 4.38. The van der Waals surface area contributed by atoms with Gasteiger partial charge in [-0.2, -0.15) is 0 Å². The van der Waals surface area contributed by atoms with E-state index < -0.39 is 17.4 Å². The Balaban J connectivity index is 2.10. The van der Waals surface area contributed by atoms with E-state index in [1.165, 1.54) is 19.2 Å². The summed E-state index contributed by atoms with van der Waals surface area (Å²) in [6.07, 6.45) is 3.52. The van der Waals surface area contributed by atoms with Crippen LogP contribution in [0.1, 0.15) is 49.5 Å². The Kier molecular flexibility index (Phi) is 4.95. The second kappa shape index (κ2) is 6.72. The van der Waals surface area contributed by atoms with E-state index in [1.807, 2.05) is 0 Å². The molecule has 0 atom stereocenters. The molecule has 1 aliphatic rings. The van der Waals surface area contributed by atoms with Crippen LogP contribution in [-0.4, -0.2) is 39.8 Å². The van der Waals surface area contributed by atoms with Crippen LogP contribution in [0.15, 0.2) is 12.1 Å². The molecule has 1 aromatic heterocycles. The maximum Gasteiger partial charge on any atom is 0.329 e. The van der Waals surface area contributed by atoms with Crippen LogP contribution in [0.25, 0.3) is 0 Å². The minimum atomic E-state index is -1.20. The predicted molar refractivity (Wildman–Crippen MR) is 78.7 cm³/mol. The van der Waals surface area contributed by atoms with Crippen LogP contribution in [0, 0.1) is 5.92 Å². The fraction of sp³-hybridized carbons (Fsp3) is 0.600. The van der Waals surface area contributed by atoms with Gasteiger partial charge in [-0.3, -0.25) is 4.79 Å². The molecule has 0 radical (unpaired) electrons. The van der Waals surface area contributed by atoms with Crippen molar-refractivity contribution in [3.8, 4) is 5.88 Å². The number of methoxy groups -OCH3 is 1. The summed E-state index contributed by atoms with van der Waals surface area (Å²) in [7, 11) is 1.45. The zero-order chi connectivity index (χ0) is 16.2. The summed E-state index contributed by atoms with van der Waals surface area (Å²) in [6, 6.07) is 2.98. The van der Waals surface area contributed by atoms with Gasteiger partial charge in [-0.15, -0.1) is 10.2 Å². The van der Waals surface area contributed by atoms with Gasteiger partial charge in [0.2, 0.25) is 5.88 Å². The average molecular weight is 307 g/mol. The van der Waals surface area contributed by atoms with E-state index in [-0.39, 0.29) is 5.69 Å². The predicted octanol–water partition coefficient (Wildman–Crippen LogP) is 1.64. The van der Waals surface area contributed by atoms with E-state index in [2.05, 4.69) is 22.4 Å². The third-order valence-electron chi connectivity index (χ3n) is 4.38. The van der Waals surface area contributed by atoms with Crippen molar-refractivity contribution in [2.45, 2.75) is 44.6 Å². The lowest BCUT2D eigenvalue weighted by molar-refractivity contribution is -0.146. The molecule has 0 aromatic carbocycles. The van der Waals surface area contributed by atoms with Gasteiger partial charge in [0.15, 0.2) is 5.69 Å². The van der Waals surface area contributed by atoms with Gasteiger partial charge in [0.1, 0.15) is 5.54 Å². The summed E-state index contributed by atoms with van der Waals surface area (Å²) in [5, 5.41) is 19.7. The summed E-state index contributed by atoms with van der Waals surface area (Å²) >= 11 is 0. The van der Waals surface area contributed by atoms with Crippen molar-refractivity contribution >= 4 is 11.9 Å². The maximum absolute atomic E-state index is 12.3. The molecule has 7 heteroatoms. The summed E-state index contributed by atoms with van der Waals surface area (Å²) in [5.41, 5.74) is -1.12. The molecule has 0 saturated heterocycles. The van der Waals surface area contributed by atoms with Crippen molar-refractivity contribution in [2.75, 3.05) is 7.11 Å². The first-order valence-corrected chi connectivity index (χ1v) is 7.44. The number of nitrogens with one attached hydrogen (secondary N) is 1. The number of nitrogens with zero attached hydrogens (tertiary/aromatic N) is 2. The number of hydrogen-bond acceptors (Lipinski definition) is 5. The van der Waals surface area contributed by atoms with Gasteiger partial charge in [-0.1, -0.05) is 13.3 Å². The molecule has 2 N–H and O–H groups in total. The molecule has 1 fully saturated rings. The number of amides is 1. The van der Waals surface area contributed by atoms with Crippen molar-refractivity contribution in [1.29, 1.82) is 0 Å². The Hall–Kier alpha value is -2.18. The van der Waals surface area contributed by atoms with Crippen LogP contribution in [0.2, 0.25) is 0 Å². The van der Waals surface area contributed by atoms with Crippen LogP contribution in [0.5, 0.6) is 5.88 Å². The van der Waals surface area contributed by atoms with Gasteiger partial charge in [0.05, 0.1) is 7.11 Å². The van der Waals surface area contributed by atoms with E-state index in [4.69, 9.17) is 4.74 Å². The van der Waals surface area contributed by atoms with Crippen LogP contribution in [-0.2, 0) is 4.79 Å². The molecule has 120 valence electrons. The normalized spacial score (nSPS) is 24.5. The van der Waals surface area contributed by atoms with E-state index in [0.29, 0.717) is 24.6 Å². The standard InChI is InChI=1S/C15H21N3O4/c1-3-10-6-8-15(9-7-10,14(20)21)16-13(19)11-4-5-12(22-2)18-17-11/h4-5,10H,3,6-9H2,1-2H3,(H,16,19)(H,20,21). The molecule has 1 saturated carbocycles. The van der Waals surface area contributed by atoms with Gasteiger partial charge < -0.3 is 15.2 Å². The van der Waals surface area contributed by atoms with Crippen molar-refractivity contribution in [3.63, 3.8) is 0 Å². The molecule has 2 rings (SSSR count). The zero-order valence-electron chi connectivity index (χ0n) is 12.8. The molecular formula is C15H21N3O4. The molecule has 1 heterocycles. The second-order valence-corrected chi connectivity index (χ2v) is 5.65. The molecule has 0 aliphatic heterocycles. The van der Waals surface area contributed by atoms with Gasteiger partial charge in [0, 0.05) is 6.07 Å². The first-order chi connectivity index (χ1) is 10.5. The highest BCUT2D eigenvalue weighted by Gasteiger charge is 2.43. The van der Waals surface area contributed by atoms with Gasteiger partial charge in [-0.05, 0) is 37.7 Å². The SMILES string of the molecule is CCC1CCC(NC(=O)c2ccc(OC)nn2)(C(=O)O)CC1. The highest BCUT2D eigenvalue weighted by Crippen LogP contribution is 2.34. The lowest BCUT2D eigenvalue weighted by Crippen LogP contribution is -2.56. The fourth-order valence-corrected chi connectivity index (χ4v) is 2.80. The number of hydrogen-bond donors (Lipinski definition) is 2. The molecule has 0 bridgehead atoms.